The van der Waals surface area contributed by atoms with Crippen molar-refractivity contribution in [3.05, 3.63) is 133 Å². The highest BCUT2D eigenvalue weighted by molar-refractivity contribution is 7.26. The van der Waals surface area contributed by atoms with Crippen LogP contribution < -0.4 is 0 Å². The first-order chi connectivity index (χ1) is 19.8. The molecule has 8 aromatic rings. The molecule has 0 radical (unpaired) electrons. The molecule has 2 aromatic heterocycles. The lowest BCUT2D eigenvalue weighted by atomic mass is 9.85. The van der Waals surface area contributed by atoms with E-state index in [0.29, 0.717) is 5.56 Å². The Morgan fingerprint density at radius 2 is 1.18 bits per heavy atom. The fraction of sp³-hybridized carbons (Fsp3) is 0. The maximum Gasteiger partial charge on any atom is 0.135 e. The second-order valence-corrected chi connectivity index (χ2v) is 11.0. The molecule has 0 aliphatic carbocycles. The van der Waals surface area contributed by atoms with Crippen molar-refractivity contribution < 1.29 is 4.42 Å². The van der Waals surface area contributed by atoms with Gasteiger partial charge in [0.15, 0.2) is 0 Å². The monoisotopic (exact) mass is 527 g/mol. The van der Waals surface area contributed by atoms with E-state index < -0.39 is 0 Å². The highest BCUT2D eigenvalue weighted by atomic mass is 32.1. The number of rotatable bonds is 3. The van der Waals surface area contributed by atoms with E-state index >= 15 is 0 Å². The van der Waals surface area contributed by atoms with Gasteiger partial charge in [-0.1, -0.05) is 97.1 Å². The van der Waals surface area contributed by atoms with Crippen molar-refractivity contribution in [3.63, 3.8) is 0 Å². The largest absolute Gasteiger partial charge is 0.456 e. The van der Waals surface area contributed by atoms with E-state index in [9.17, 15) is 5.26 Å². The van der Waals surface area contributed by atoms with E-state index in [4.69, 9.17) is 4.42 Å². The van der Waals surface area contributed by atoms with Crippen LogP contribution in [0.25, 0.3) is 75.5 Å². The zero-order valence-electron chi connectivity index (χ0n) is 21.4. The molecule has 0 unspecified atom stereocenters. The molecular formula is C37H21NOS. The van der Waals surface area contributed by atoms with Crippen LogP contribution in [0.4, 0.5) is 0 Å². The summed E-state index contributed by atoms with van der Waals surface area (Å²) in [6.07, 6.45) is 0. The van der Waals surface area contributed by atoms with Gasteiger partial charge in [0.05, 0.1) is 11.6 Å². The third-order valence-electron chi connectivity index (χ3n) is 7.76. The zero-order chi connectivity index (χ0) is 26.6. The quantitative estimate of drug-likeness (QED) is 0.229. The minimum absolute atomic E-state index is 0.663. The summed E-state index contributed by atoms with van der Waals surface area (Å²) in [6.45, 7) is 0. The first kappa shape index (κ1) is 22.8. The molecule has 0 saturated heterocycles. The van der Waals surface area contributed by atoms with Crippen LogP contribution in [0.1, 0.15) is 5.56 Å². The molecule has 186 valence electrons. The van der Waals surface area contributed by atoms with E-state index in [1.165, 1.54) is 25.7 Å². The predicted octanol–water partition coefficient (Wildman–Crippen LogP) is 10.8. The molecule has 2 nitrogen and oxygen atoms in total. The predicted molar refractivity (Wildman–Crippen MR) is 168 cm³/mol. The van der Waals surface area contributed by atoms with Crippen molar-refractivity contribution in [3.8, 4) is 39.4 Å². The smallest absolute Gasteiger partial charge is 0.135 e. The van der Waals surface area contributed by atoms with E-state index in [2.05, 4.69) is 97.1 Å². The lowest BCUT2D eigenvalue weighted by Crippen LogP contribution is -1.93. The molecule has 40 heavy (non-hydrogen) atoms. The first-order valence-electron chi connectivity index (χ1n) is 13.2. The minimum Gasteiger partial charge on any atom is -0.456 e. The van der Waals surface area contributed by atoms with E-state index in [-0.39, 0.29) is 0 Å². The van der Waals surface area contributed by atoms with Crippen molar-refractivity contribution in [2.24, 2.45) is 0 Å². The van der Waals surface area contributed by atoms with Gasteiger partial charge in [0.1, 0.15) is 11.2 Å². The lowest BCUT2D eigenvalue weighted by Gasteiger charge is -2.17. The normalized spacial score (nSPS) is 11.5. The molecule has 8 rings (SSSR count). The number of hydrogen-bond acceptors (Lipinski definition) is 3. The fourth-order valence-corrected chi connectivity index (χ4v) is 7.20. The van der Waals surface area contributed by atoms with Crippen LogP contribution in [-0.2, 0) is 0 Å². The van der Waals surface area contributed by atoms with Gasteiger partial charge in [-0.3, -0.25) is 0 Å². The van der Waals surface area contributed by atoms with Gasteiger partial charge in [0.2, 0.25) is 0 Å². The van der Waals surface area contributed by atoms with Crippen molar-refractivity contribution in [2.45, 2.75) is 0 Å². The molecule has 0 aliphatic rings. The Bertz CT molecular complexity index is 2300. The van der Waals surface area contributed by atoms with Crippen molar-refractivity contribution in [1.29, 1.82) is 5.26 Å². The summed E-state index contributed by atoms with van der Waals surface area (Å²) >= 11 is 1.83. The number of thiophene rings is 1. The van der Waals surface area contributed by atoms with Crippen LogP contribution in [0, 0.1) is 11.3 Å². The maximum absolute atomic E-state index is 10.0. The summed E-state index contributed by atoms with van der Waals surface area (Å²) in [6, 6.07) is 46.6. The third kappa shape index (κ3) is 3.41. The average molecular weight is 528 g/mol. The standard InChI is InChI=1S/C37H21NOS/c38-22-24-9-1-2-10-25(24)28-13-7-14-29(31-16-8-15-30-27-12-4-6-18-35(27)40-37(30)31)36(28)23-19-20-34-32(21-23)26-11-3-5-17-33(26)39-34/h1-21H. The van der Waals surface area contributed by atoms with Crippen LogP contribution >= 0.6 is 11.3 Å². The molecular weight excluding hydrogens is 506 g/mol. The molecule has 0 atom stereocenters. The molecule has 0 spiro atoms. The Morgan fingerprint density at radius 1 is 0.525 bits per heavy atom. The number of fused-ring (bicyclic) bond motifs is 6. The second kappa shape index (κ2) is 8.95. The van der Waals surface area contributed by atoms with Gasteiger partial charge in [0, 0.05) is 42.1 Å². The van der Waals surface area contributed by atoms with Gasteiger partial charge in [-0.15, -0.1) is 11.3 Å². The number of benzene rings is 6. The number of nitrogens with zero attached hydrogens (tertiary/aromatic N) is 1. The number of furan rings is 1. The maximum atomic E-state index is 10.0. The molecule has 0 fully saturated rings. The molecule has 0 saturated carbocycles. The molecule has 6 aromatic carbocycles. The zero-order valence-corrected chi connectivity index (χ0v) is 22.2. The SMILES string of the molecule is N#Cc1ccccc1-c1cccc(-c2cccc3c2sc2ccccc23)c1-c1ccc2oc3ccccc3c2c1. The van der Waals surface area contributed by atoms with Gasteiger partial charge >= 0.3 is 0 Å². The molecule has 3 heteroatoms. The molecule has 2 heterocycles. The summed E-state index contributed by atoms with van der Waals surface area (Å²) in [7, 11) is 0. The summed E-state index contributed by atoms with van der Waals surface area (Å²) in [5.74, 6) is 0. The third-order valence-corrected chi connectivity index (χ3v) is 8.98. The van der Waals surface area contributed by atoms with Crippen LogP contribution in [0.5, 0.6) is 0 Å². The first-order valence-corrected chi connectivity index (χ1v) is 14.1. The number of hydrogen-bond donors (Lipinski definition) is 0. The summed E-state index contributed by atoms with van der Waals surface area (Å²) in [5, 5.41) is 14.8. The molecule has 0 amide bonds. The van der Waals surface area contributed by atoms with Crippen LogP contribution in [0.3, 0.4) is 0 Å². The Labute approximate surface area is 235 Å². The van der Waals surface area contributed by atoms with Gasteiger partial charge < -0.3 is 4.42 Å². The van der Waals surface area contributed by atoms with Gasteiger partial charge in [0.25, 0.3) is 0 Å². The van der Waals surface area contributed by atoms with Crippen molar-refractivity contribution in [2.75, 3.05) is 0 Å². The van der Waals surface area contributed by atoms with Gasteiger partial charge in [-0.05, 0) is 52.6 Å². The fourth-order valence-electron chi connectivity index (χ4n) is 5.97. The van der Waals surface area contributed by atoms with Crippen LogP contribution in [-0.4, -0.2) is 0 Å². The Morgan fingerprint density at radius 3 is 2.08 bits per heavy atom. The van der Waals surface area contributed by atoms with E-state index in [1.54, 1.807) is 0 Å². The van der Waals surface area contributed by atoms with Crippen LogP contribution in [0.2, 0.25) is 0 Å². The summed E-state index contributed by atoms with van der Waals surface area (Å²) in [5.41, 5.74) is 8.94. The lowest BCUT2D eigenvalue weighted by molar-refractivity contribution is 0.669. The highest BCUT2D eigenvalue weighted by Gasteiger charge is 2.20. The van der Waals surface area contributed by atoms with E-state index in [1.807, 2.05) is 47.7 Å². The summed E-state index contributed by atoms with van der Waals surface area (Å²) < 4.78 is 8.71. The van der Waals surface area contributed by atoms with E-state index in [0.717, 1.165) is 49.8 Å². The Hall–Kier alpha value is -5.17. The number of nitriles is 1. The second-order valence-electron chi connectivity index (χ2n) is 9.98. The number of para-hydroxylation sites is 1. The van der Waals surface area contributed by atoms with Crippen LogP contribution in [0.15, 0.2) is 132 Å². The molecule has 0 N–H and O–H groups in total. The van der Waals surface area contributed by atoms with Crippen molar-refractivity contribution in [1.82, 2.24) is 0 Å². The Kier molecular flexibility index (Phi) is 5.10. The van der Waals surface area contributed by atoms with Crippen molar-refractivity contribution >= 4 is 53.4 Å². The van der Waals surface area contributed by atoms with Gasteiger partial charge in [-0.2, -0.15) is 5.26 Å². The molecule has 0 aliphatic heterocycles. The highest BCUT2D eigenvalue weighted by Crippen LogP contribution is 2.46. The average Bonchev–Trinajstić information content (AvgIpc) is 3.59. The Balaban J connectivity index is 1.49. The van der Waals surface area contributed by atoms with Gasteiger partial charge in [-0.25, -0.2) is 0 Å². The summed E-state index contributed by atoms with van der Waals surface area (Å²) in [4.78, 5) is 0. The topological polar surface area (TPSA) is 36.9 Å². The molecule has 0 bridgehead atoms. The minimum atomic E-state index is 0.663.